The van der Waals surface area contributed by atoms with Gasteiger partial charge in [0, 0.05) is 24.2 Å². The van der Waals surface area contributed by atoms with E-state index in [1.54, 1.807) is 20.4 Å². The summed E-state index contributed by atoms with van der Waals surface area (Å²) >= 11 is 0. The Kier molecular flexibility index (Phi) is 7.00. The average molecular weight is 497 g/mol. The Balaban J connectivity index is 1.56. The van der Waals surface area contributed by atoms with Gasteiger partial charge in [0.05, 0.1) is 39.1 Å². The third kappa shape index (κ3) is 4.83. The molecule has 0 radical (unpaired) electrons. The summed E-state index contributed by atoms with van der Waals surface area (Å²) in [6.07, 6.45) is 3.82. The van der Waals surface area contributed by atoms with E-state index < -0.39 is 0 Å². The molecule has 4 aromatic rings. The van der Waals surface area contributed by atoms with Gasteiger partial charge in [-0.2, -0.15) is 9.67 Å². The third-order valence-corrected chi connectivity index (χ3v) is 6.37. The molecule has 0 aliphatic carbocycles. The number of methoxy groups -OCH3 is 2. The number of rotatable bonds is 9. The van der Waals surface area contributed by atoms with Crippen LogP contribution in [0.4, 0.5) is 11.5 Å². The highest BCUT2D eigenvalue weighted by Crippen LogP contribution is 2.31. The standard InChI is InChI=1S/C29H29N5O3/c1-20-27(26-6-4-5-16-33(26)28(20)22-9-13-24(37-3)14-10-22)32-25-18-31-34(29(25)30-15-17-35)19-21-7-11-23(36-2)12-8-21/h4-14,16,18,35H,15,17,19H2,1-3H3/p+1. The van der Waals surface area contributed by atoms with E-state index in [4.69, 9.17) is 14.5 Å². The van der Waals surface area contributed by atoms with E-state index in [-0.39, 0.29) is 6.61 Å². The molecule has 5 rings (SSSR count). The summed E-state index contributed by atoms with van der Waals surface area (Å²) < 4.78 is 14.7. The lowest BCUT2D eigenvalue weighted by Crippen LogP contribution is -2.34. The molecule has 2 aromatic heterocycles. The lowest BCUT2D eigenvalue weighted by molar-refractivity contribution is -0.577. The molecule has 37 heavy (non-hydrogen) atoms. The van der Waals surface area contributed by atoms with Crippen LogP contribution in [0.5, 0.6) is 11.5 Å². The molecule has 0 fully saturated rings. The first-order chi connectivity index (χ1) is 18.1. The minimum atomic E-state index is 0.00294. The minimum absolute atomic E-state index is 0.00294. The van der Waals surface area contributed by atoms with Gasteiger partial charge in [-0.1, -0.05) is 12.1 Å². The highest BCUT2D eigenvalue weighted by Gasteiger charge is 2.35. The Morgan fingerprint density at radius 3 is 2.35 bits per heavy atom. The number of pyridine rings is 1. The van der Waals surface area contributed by atoms with E-state index in [0.717, 1.165) is 51.1 Å². The van der Waals surface area contributed by atoms with Crippen LogP contribution in [0, 0.1) is 0 Å². The summed E-state index contributed by atoms with van der Waals surface area (Å²) in [5.74, 6) is 2.38. The number of ether oxygens (including phenoxy) is 2. The van der Waals surface area contributed by atoms with Gasteiger partial charge < -0.3 is 19.9 Å². The van der Waals surface area contributed by atoms with Crippen molar-refractivity contribution in [1.29, 1.82) is 0 Å². The van der Waals surface area contributed by atoms with Crippen molar-refractivity contribution in [1.82, 2.24) is 9.78 Å². The van der Waals surface area contributed by atoms with Crippen LogP contribution >= 0.6 is 0 Å². The number of aliphatic imine (C=N–C) groups is 1. The number of allylic oxidation sites excluding steroid dienone is 1. The molecule has 2 N–H and O–H groups in total. The SMILES string of the molecule is COc1ccc(Cn2ncc(/N=C3\C(C)=C(c4ccc(OC)cc4)[n+]4ccccc43)c2NCCO)cc1. The number of benzene rings is 2. The molecule has 8 nitrogen and oxygen atoms in total. The van der Waals surface area contributed by atoms with Crippen molar-refractivity contribution in [3.8, 4) is 11.5 Å². The number of hydrogen-bond acceptors (Lipinski definition) is 6. The van der Waals surface area contributed by atoms with Crippen LogP contribution in [0.1, 0.15) is 23.7 Å². The topological polar surface area (TPSA) is 84.8 Å². The number of hydrogen-bond donors (Lipinski definition) is 2. The molecule has 0 saturated heterocycles. The summed E-state index contributed by atoms with van der Waals surface area (Å²) in [6, 6.07) is 22.1. The van der Waals surface area contributed by atoms with Crippen molar-refractivity contribution in [2.75, 3.05) is 32.7 Å². The van der Waals surface area contributed by atoms with E-state index >= 15 is 0 Å². The molecule has 0 amide bonds. The molecule has 0 unspecified atom stereocenters. The van der Waals surface area contributed by atoms with Gasteiger partial charge in [-0.25, -0.2) is 9.67 Å². The lowest BCUT2D eigenvalue weighted by Gasteiger charge is -2.11. The zero-order chi connectivity index (χ0) is 25.8. The molecule has 0 atom stereocenters. The number of aliphatic hydroxyl groups excluding tert-OH is 1. The Hall–Kier alpha value is -4.43. The van der Waals surface area contributed by atoms with Crippen molar-refractivity contribution < 1.29 is 19.1 Å². The molecule has 1 aliphatic heterocycles. The molecule has 188 valence electrons. The fraction of sp³-hybridized carbons (Fsp3) is 0.207. The monoisotopic (exact) mass is 496 g/mol. The first kappa shape index (κ1) is 24.3. The van der Waals surface area contributed by atoms with Crippen LogP contribution in [0.15, 0.2) is 89.7 Å². The van der Waals surface area contributed by atoms with E-state index in [9.17, 15) is 5.11 Å². The van der Waals surface area contributed by atoms with Gasteiger partial charge in [-0.05, 0) is 55.0 Å². The number of nitrogens with zero attached hydrogens (tertiary/aromatic N) is 4. The van der Waals surface area contributed by atoms with Gasteiger partial charge in [0.15, 0.2) is 12.0 Å². The molecule has 0 bridgehead atoms. The van der Waals surface area contributed by atoms with E-state index in [1.807, 2.05) is 53.2 Å². The first-order valence-corrected chi connectivity index (χ1v) is 12.1. The van der Waals surface area contributed by atoms with E-state index in [1.165, 1.54) is 0 Å². The average Bonchev–Trinajstić information content (AvgIpc) is 3.45. The van der Waals surface area contributed by atoms with Gasteiger partial charge >= 0.3 is 0 Å². The number of nitrogens with one attached hydrogen (secondary N) is 1. The second-order valence-electron chi connectivity index (χ2n) is 8.65. The predicted octanol–water partition coefficient (Wildman–Crippen LogP) is 4.05. The molecule has 0 saturated carbocycles. The minimum Gasteiger partial charge on any atom is -0.497 e. The molecule has 1 aliphatic rings. The van der Waals surface area contributed by atoms with Crippen LogP contribution < -0.4 is 19.4 Å². The van der Waals surface area contributed by atoms with Crippen molar-refractivity contribution in [3.63, 3.8) is 0 Å². The fourth-order valence-electron chi connectivity index (χ4n) is 4.52. The van der Waals surface area contributed by atoms with Gasteiger partial charge in [-0.3, -0.25) is 0 Å². The van der Waals surface area contributed by atoms with Crippen molar-refractivity contribution >= 4 is 22.9 Å². The molecular formula is C29H30N5O3+. The highest BCUT2D eigenvalue weighted by molar-refractivity contribution is 6.17. The number of fused-ring (bicyclic) bond motifs is 1. The smallest absolute Gasteiger partial charge is 0.237 e. The van der Waals surface area contributed by atoms with Gasteiger partial charge in [0.25, 0.3) is 0 Å². The zero-order valence-electron chi connectivity index (χ0n) is 21.2. The van der Waals surface area contributed by atoms with Crippen LogP contribution in [0.25, 0.3) is 5.70 Å². The van der Waals surface area contributed by atoms with E-state index in [0.29, 0.717) is 18.8 Å². The molecule has 2 aromatic carbocycles. The Morgan fingerprint density at radius 1 is 0.973 bits per heavy atom. The summed E-state index contributed by atoms with van der Waals surface area (Å²) in [7, 11) is 3.32. The van der Waals surface area contributed by atoms with Gasteiger partial charge in [-0.15, -0.1) is 0 Å². The summed E-state index contributed by atoms with van der Waals surface area (Å²) in [6.45, 7) is 3.04. The largest absolute Gasteiger partial charge is 0.497 e. The van der Waals surface area contributed by atoms with Gasteiger partial charge in [0.2, 0.25) is 11.4 Å². The second-order valence-corrected chi connectivity index (χ2v) is 8.65. The van der Waals surface area contributed by atoms with Crippen LogP contribution in [-0.4, -0.2) is 48.0 Å². The predicted molar refractivity (Wildman–Crippen MR) is 144 cm³/mol. The van der Waals surface area contributed by atoms with E-state index in [2.05, 4.69) is 46.3 Å². The van der Waals surface area contributed by atoms with Crippen molar-refractivity contribution in [3.05, 3.63) is 102 Å². The normalized spacial score (nSPS) is 13.7. The van der Waals surface area contributed by atoms with Gasteiger partial charge in [0.1, 0.15) is 22.9 Å². The maximum absolute atomic E-state index is 9.49. The van der Waals surface area contributed by atoms with Crippen LogP contribution in [-0.2, 0) is 6.54 Å². The lowest BCUT2D eigenvalue weighted by atomic mass is 10.1. The number of anilines is 1. The summed E-state index contributed by atoms with van der Waals surface area (Å²) in [4.78, 5) is 5.10. The second kappa shape index (κ2) is 10.7. The van der Waals surface area contributed by atoms with Crippen molar-refractivity contribution in [2.24, 2.45) is 4.99 Å². The number of aliphatic hydroxyl groups is 1. The van der Waals surface area contributed by atoms with Crippen molar-refractivity contribution in [2.45, 2.75) is 13.5 Å². The third-order valence-electron chi connectivity index (χ3n) is 6.37. The molecular weight excluding hydrogens is 466 g/mol. The van der Waals surface area contributed by atoms with Crippen LogP contribution in [0.3, 0.4) is 0 Å². The highest BCUT2D eigenvalue weighted by atomic mass is 16.5. The summed E-state index contributed by atoms with van der Waals surface area (Å²) in [5, 5.41) is 17.4. The molecule has 3 heterocycles. The quantitative estimate of drug-likeness (QED) is 0.342. The fourth-order valence-corrected chi connectivity index (χ4v) is 4.52. The Morgan fingerprint density at radius 2 is 1.68 bits per heavy atom. The molecule has 8 heteroatoms. The Bertz CT molecular complexity index is 1450. The Labute approximate surface area is 216 Å². The van der Waals surface area contributed by atoms with Crippen LogP contribution in [0.2, 0.25) is 0 Å². The summed E-state index contributed by atoms with van der Waals surface area (Å²) in [5.41, 5.74) is 6.89. The maximum Gasteiger partial charge on any atom is 0.237 e. The number of aromatic nitrogens is 3. The maximum atomic E-state index is 9.49. The zero-order valence-corrected chi connectivity index (χ0v) is 21.2. The molecule has 0 spiro atoms. The first-order valence-electron chi connectivity index (χ1n) is 12.1.